The molecule has 1 fully saturated rings. The second-order valence-electron chi connectivity index (χ2n) is 6.12. The van der Waals surface area contributed by atoms with Crippen molar-refractivity contribution in [2.45, 2.75) is 12.5 Å². The van der Waals surface area contributed by atoms with E-state index < -0.39 is 0 Å². The molecule has 2 heterocycles. The predicted octanol–water partition coefficient (Wildman–Crippen LogP) is 3.84. The summed E-state index contributed by atoms with van der Waals surface area (Å²) in [5.74, 6) is 1.51. The van der Waals surface area contributed by atoms with Crippen LogP contribution in [0.25, 0.3) is 10.8 Å². The molecule has 0 N–H and O–H groups in total. The SMILES string of the molecule is COc1ccc(CN2CC(c3ccccn3)C2)c2ccccc12. The number of hydrogen-bond acceptors (Lipinski definition) is 3. The maximum absolute atomic E-state index is 5.48. The third kappa shape index (κ3) is 2.68. The number of ether oxygens (including phenoxy) is 1. The Morgan fingerprint density at radius 1 is 1.00 bits per heavy atom. The number of aromatic nitrogens is 1. The molecule has 1 aliphatic rings. The molecule has 0 aliphatic carbocycles. The first-order chi connectivity index (χ1) is 11.3. The number of likely N-dealkylation sites (tertiary alicyclic amines) is 1. The van der Waals surface area contributed by atoms with Crippen LogP contribution in [0.3, 0.4) is 0 Å². The van der Waals surface area contributed by atoms with Crippen LogP contribution in [0, 0.1) is 0 Å². The molecule has 1 aliphatic heterocycles. The molecule has 3 nitrogen and oxygen atoms in total. The standard InChI is InChI=1S/C20H20N2O/c1-23-20-10-9-15(17-6-2-3-7-18(17)20)12-22-13-16(14-22)19-8-4-5-11-21-19/h2-11,16H,12-14H2,1H3. The largest absolute Gasteiger partial charge is 0.496 e. The van der Waals surface area contributed by atoms with E-state index in [0.717, 1.165) is 25.4 Å². The molecule has 0 unspecified atom stereocenters. The number of pyridine rings is 1. The Labute approximate surface area is 136 Å². The van der Waals surface area contributed by atoms with E-state index in [1.807, 2.05) is 12.3 Å². The molecule has 0 radical (unpaired) electrons. The van der Waals surface area contributed by atoms with Gasteiger partial charge in [0.25, 0.3) is 0 Å². The van der Waals surface area contributed by atoms with E-state index in [0.29, 0.717) is 5.92 Å². The minimum atomic E-state index is 0.570. The number of fused-ring (bicyclic) bond motifs is 1. The zero-order chi connectivity index (χ0) is 15.6. The summed E-state index contributed by atoms with van der Waals surface area (Å²) in [5.41, 5.74) is 2.57. The van der Waals surface area contributed by atoms with Crippen molar-refractivity contribution in [3.8, 4) is 5.75 Å². The summed E-state index contributed by atoms with van der Waals surface area (Å²) >= 11 is 0. The van der Waals surface area contributed by atoms with Crippen LogP contribution in [0.4, 0.5) is 0 Å². The van der Waals surface area contributed by atoms with Gasteiger partial charge in [-0.15, -0.1) is 0 Å². The van der Waals surface area contributed by atoms with Crippen molar-refractivity contribution in [1.82, 2.24) is 9.88 Å². The molecular formula is C20H20N2O. The van der Waals surface area contributed by atoms with E-state index in [1.165, 1.54) is 22.0 Å². The van der Waals surface area contributed by atoms with Gasteiger partial charge in [0.15, 0.2) is 0 Å². The van der Waals surface area contributed by atoms with Crippen LogP contribution in [-0.2, 0) is 6.54 Å². The zero-order valence-electron chi connectivity index (χ0n) is 13.3. The van der Waals surface area contributed by atoms with Crippen LogP contribution >= 0.6 is 0 Å². The molecule has 116 valence electrons. The molecule has 3 aromatic rings. The van der Waals surface area contributed by atoms with Crippen LogP contribution < -0.4 is 4.74 Å². The first kappa shape index (κ1) is 14.2. The third-order valence-corrected chi connectivity index (χ3v) is 4.65. The van der Waals surface area contributed by atoms with Crippen molar-refractivity contribution in [3.05, 3.63) is 72.1 Å². The molecule has 0 saturated carbocycles. The number of nitrogens with zero attached hydrogens (tertiary/aromatic N) is 2. The lowest BCUT2D eigenvalue weighted by Crippen LogP contribution is -2.44. The van der Waals surface area contributed by atoms with Crippen molar-refractivity contribution in [1.29, 1.82) is 0 Å². The zero-order valence-corrected chi connectivity index (χ0v) is 13.3. The molecule has 0 atom stereocenters. The highest BCUT2D eigenvalue weighted by molar-refractivity contribution is 5.91. The Morgan fingerprint density at radius 2 is 1.78 bits per heavy atom. The van der Waals surface area contributed by atoms with Gasteiger partial charge in [-0.05, 0) is 29.1 Å². The van der Waals surface area contributed by atoms with E-state index in [9.17, 15) is 0 Å². The third-order valence-electron chi connectivity index (χ3n) is 4.65. The number of rotatable bonds is 4. The molecule has 4 rings (SSSR count). The van der Waals surface area contributed by atoms with Crippen molar-refractivity contribution in [2.75, 3.05) is 20.2 Å². The minimum Gasteiger partial charge on any atom is -0.496 e. The molecule has 2 aromatic carbocycles. The number of hydrogen-bond donors (Lipinski definition) is 0. The Kier molecular flexibility index (Phi) is 3.72. The summed E-state index contributed by atoms with van der Waals surface area (Å²) in [4.78, 5) is 6.95. The Balaban J connectivity index is 1.52. The summed E-state index contributed by atoms with van der Waals surface area (Å²) in [6, 6.07) is 18.9. The van der Waals surface area contributed by atoms with Gasteiger partial charge < -0.3 is 4.74 Å². The van der Waals surface area contributed by atoms with Gasteiger partial charge in [-0.3, -0.25) is 9.88 Å². The Hall–Kier alpha value is -2.39. The fourth-order valence-corrected chi connectivity index (χ4v) is 3.39. The molecule has 0 spiro atoms. The van der Waals surface area contributed by atoms with Gasteiger partial charge in [0, 0.05) is 42.8 Å². The summed E-state index contributed by atoms with van der Waals surface area (Å²) in [5, 5.41) is 2.47. The second kappa shape index (κ2) is 6.01. The number of benzene rings is 2. The highest BCUT2D eigenvalue weighted by Gasteiger charge is 2.29. The fourth-order valence-electron chi connectivity index (χ4n) is 3.39. The van der Waals surface area contributed by atoms with Gasteiger partial charge in [-0.1, -0.05) is 36.4 Å². The Morgan fingerprint density at radius 3 is 2.52 bits per heavy atom. The fraction of sp³-hybridized carbons (Fsp3) is 0.250. The van der Waals surface area contributed by atoms with Crippen molar-refractivity contribution in [2.24, 2.45) is 0 Å². The topological polar surface area (TPSA) is 25.4 Å². The van der Waals surface area contributed by atoms with Crippen LogP contribution in [0.5, 0.6) is 5.75 Å². The minimum absolute atomic E-state index is 0.570. The van der Waals surface area contributed by atoms with E-state index in [-0.39, 0.29) is 0 Å². The summed E-state index contributed by atoms with van der Waals surface area (Å²) in [7, 11) is 1.73. The van der Waals surface area contributed by atoms with Crippen molar-refractivity contribution in [3.63, 3.8) is 0 Å². The van der Waals surface area contributed by atoms with Crippen LogP contribution in [0.15, 0.2) is 60.8 Å². The highest BCUT2D eigenvalue weighted by Crippen LogP contribution is 2.32. The molecule has 0 amide bonds. The molecular weight excluding hydrogens is 284 g/mol. The maximum atomic E-state index is 5.48. The van der Waals surface area contributed by atoms with E-state index in [1.54, 1.807) is 7.11 Å². The van der Waals surface area contributed by atoms with E-state index in [4.69, 9.17) is 4.74 Å². The van der Waals surface area contributed by atoms with Gasteiger partial charge in [0.1, 0.15) is 5.75 Å². The Bertz CT molecular complexity index is 810. The highest BCUT2D eigenvalue weighted by atomic mass is 16.5. The van der Waals surface area contributed by atoms with Crippen molar-refractivity contribution < 1.29 is 4.74 Å². The molecule has 0 bridgehead atoms. The van der Waals surface area contributed by atoms with Crippen LogP contribution in [0.1, 0.15) is 17.2 Å². The lowest BCUT2D eigenvalue weighted by Gasteiger charge is -2.39. The van der Waals surface area contributed by atoms with Gasteiger partial charge in [0.2, 0.25) is 0 Å². The molecule has 1 aromatic heterocycles. The van der Waals surface area contributed by atoms with Gasteiger partial charge in [-0.25, -0.2) is 0 Å². The quantitative estimate of drug-likeness (QED) is 0.732. The van der Waals surface area contributed by atoms with E-state index >= 15 is 0 Å². The van der Waals surface area contributed by atoms with Gasteiger partial charge in [-0.2, -0.15) is 0 Å². The van der Waals surface area contributed by atoms with Crippen LogP contribution in [-0.4, -0.2) is 30.1 Å². The van der Waals surface area contributed by atoms with E-state index in [2.05, 4.69) is 58.4 Å². The lowest BCUT2D eigenvalue weighted by atomic mass is 9.94. The molecule has 3 heteroatoms. The monoisotopic (exact) mass is 304 g/mol. The van der Waals surface area contributed by atoms with Crippen molar-refractivity contribution >= 4 is 10.8 Å². The summed E-state index contributed by atoms with van der Waals surface area (Å²) in [6.07, 6.45) is 1.88. The average molecular weight is 304 g/mol. The smallest absolute Gasteiger partial charge is 0.126 e. The molecule has 1 saturated heterocycles. The van der Waals surface area contributed by atoms with Gasteiger partial charge >= 0.3 is 0 Å². The predicted molar refractivity (Wildman–Crippen MR) is 92.8 cm³/mol. The second-order valence-corrected chi connectivity index (χ2v) is 6.12. The molecule has 23 heavy (non-hydrogen) atoms. The first-order valence-electron chi connectivity index (χ1n) is 8.03. The average Bonchev–Trinajstić information content (AvgIpc) is 2.58. The first-order valence-corrected chi connectivity index (χ1v) is 8.03. The summed E-state index contributed by atoms with van der Waals surface area (Å²) in [6.45, 7) is 3.14. The maximum Gasteiger partial charge on any atom is 0.126 e. The number of methoxy groups -OCH3 is 1. The van der Waals surface area contributed by atoms with Gasteiger partial charge in [0.05, 0.1) is 7.11 Å². The van der Waals surface area contributed by atoms with Crippen LogP contribution in [0.2, 0.25) is 0 Å². The summed E-state index contributed by atoms with van der Waals surface area (Å²) < 4.78 is 5.48. The normalized spacial score (nSPS) is 15.5. The lowest BCUT2D eigenvalue weighted by molar-refractivity contribution is 0.138.